The predicted molar refractivity (Wildman–Crippen MR) is 93.8 cm³/mol. The molecule has 0 spiro atoms. The summed E-state index contributed by atoms with van der Waals surface area (Å²) in [6.45, 7) is 17.5. The Bertz CT molecular complexity index is 354. The van der Waals surface area contributed by atoms with E-state index in [9.17, 15) is 4.79 Å². The number of ether oxygens (including phenoxy) is 2. The molecule has 1 saturated heterocycles. The summed E-state index contributed by atoms with van der Waals surface area (Å²) < 4.78 is 11.7. The molecule has 0 radical (unpaired) electrons. The standard InChI is InChI=1S/C18H36N2O3/c1-7-18(22-15-14-19(8-2)9-3)10-12-20(13-11-18)16(21)23-17(4,5)6/h7-15H2,1-6H3. The van der Waals surface area contributed by atoms with Crippen LogP contribution in [0.4, 0.5) is 4.79 Å². The van der Waals surface area contributed by atoms with Crippen molar-refractivity contribution in [1.82, 2.24) is 9.80 Å². The first kappa shape index (κ1) is 20.2. The molecule has 0 bridgehead atoms. The number of carbonyl (C=O) groups is 1. The number of hydrogen-bond acceptors (Lipinski definition) is 4. The zero-order valence-electron chi connectivity index (χ0n) is 16.0. The number of rotatable bonds is 7. The Kier molecular flexibility index (Phi) is 7.81. The molecule has 0 unspecified atom stereocenters. The van der Waals surface area contributed by atoms with Gasteiger partial charge in [0.05, 0.1) is 12.2 Å². The molecular formula is C18H36N2O3. The van der Waals surface area contributed by atoms with E-state index < -0.39 is 5.60 Å². The minimum Gasteiger partial charge on any atom is -0.444 e. The van der Waals surface area contributed by atoms with Crippen LogP contribution in [0.25, 0.3) is 0 Å². The van der Waals surface area contributed by atoms with Gasteiger partial charge in [0.25, 0.3) is 0 Å². The van der Waals surface area contributed by atoms with Crippen LogP contribution in [0.3, 0.4) is 0 Å². The summed E-state index contributed by atoms with van der Waals surface area (Å²) in [5.41, 5.74) is -0.512. The Morgan fingerprint density at radius 2 is 1.70 bits per heavy atom. The lowest BCUT2D eigenvalue weighted by molar-refractivity contribution is -0.0905. The van der Waals surface area contributed by atoms with Crippen molar-refractivity contribution in [1.29, 1.82) is 0 Å². The van der Waals surface area contributed by atoms with Gasteiger partial charge in [-0.25, -0.2) is 4.79 Å². The molecular weight excluding hydrogens is 292 g/mol. The second-order valence-electron chi connectivity index (χ2n) is 7.38. The topological polar surface area (TPSA) is 42.0 Å². The minimum atomic E-state index is -0.434. The van der Waals surface area contributed by atoms with E-state index in [0.717, 1.165) is 45.5 Å². The van der Waals surface area contributed by atoms with Crippen LogP contribution in [-0.2, 0) is 9.47 Å². The number of piperidine rings is 1. The fourth-order valence-corrected chi connectivity index (χ4v) is 2.95. The molecule has 5 heteroatoms. The summed E-state index contributed by atoms with van der Waals surface area (Å²) in [7, 11) is 0. The zero-order chi connectivity index (χ0) is 17.5. The number of likely N-dealkylation sites (N-methyl/N-ethyl adjacent to an activating group) is 1. The average molecular weight is 328 g/mol. The van der Waals surface area contributed by atoms with E-state index in [-0.39, 0.29) is 11.7 Å². The second-order valence-corrected chi connectivity index (χ2v) is 7.38. The molecule has 1 aliphatic heterocycles. The quantitative estimate of drug-likeness (QED) is 0.717. The summed E-state index contributed by atoms with van der Waals surface area (Å²) >= 11 is 0. The van der Waals surface area contributed by atoms with Gasteiger partial charge < -0.3 is 19.3 Å². The SMILES string of the molecule is CCN(CC)CCOC1(CC)CCN(C(=O)OC(C)(C)C)CC1. The number of likely N-dealkylation sites (tertiary alicyclic amines) is 1. The Hall–Kier alpha value is -0.810. The van der Waals surface area contributed by atoms with E-state index in [4.69, 9.17) is 9.47 Å². The third kappa shape index (κ3) is 6.68. The molecule has 136 valence electrons. The number of amides is 1. The predicted octanol–water partition coefficient (Wildman–Crippen LogP) is 3.52. The van der Waals surface area contributed by atoms with Crippen LogP contribution in [0.15, 0.2) is 0 Å². The van der Waals surface area contributed by atoms with Gasteiger partial charge in [-0.1, -0.05) is 20.8 Å². The van der Waals surface area contributed by atoms with Crippen LogP contribution in [0.5, 0.6) is 0 Å². The van der Waals surface area contributed by atoms with Gasteiger partial charge in [0.2, 0.25) is 0 Å². The molecule has 5 nitrogen and oxygen atoms in total. The van der Waals surface area contributed by atoms with E-state index in [1.54, 1.807) is 0 Å². The van der Waals surface area contributed by atoms with Crippen molar-refractivity contribution in [2.75, 3.05) is 39.3 Å². The first-order valence-corrected chi connectivity index (χ1v) is 9.09. The van der Waals surface area contributed by atoms with Gasteiger partial charge in [0.1, 0.15) is 5.60 Å². The van der Waals surface area contributed by atoms with Crippen LogP contribution < -0.4 is 0 Å². The molecule has 0 saturated carbocycles. The van der Waals surface area contributed by atoms with E-state index in [2.05, 4.69) is 25.7 Å². The maximum atomic E-state index is 12.2. The fourth-order valence-electron chi connectivity index (χ4n) is 2.95. The second kappa shape index (κ2) is 8.88. The summed E-state index contributed by atoms with van der Waals surface area (Å²) in [6.07, 6.45) is 2.57. The monoisotopic (exact) mass is 328 g/mol. The number of nitrogens with zero attached hydrogens (tertiary/aromatic N) is 2. The van der Waals surface area contributed by atoms with Crippen LogP contribution in [0.1, 0.15) is 60.8 Å². The normalized spacial score (nSPS) is 18.3. The minimum absolute atomic E-state index is 0.0777. The molecule has 1 amide bonds. The summed E-state index contributed by atoms with van der Waals surface area (Å²) in [5.74, 6) is 0. The van der Waals surface area contributed by atoms with Crippen LogP contribution in [0, 0.1) is 0 Å². The molecule has 1 rings (SSSR count). The van der Waals surface area contributed by atoms with Crippen molar-refractivity contribution in [3.05, 3.63) is 0 Å². The zero-order valence-corrected chi connectivity index (χ0v) is 16.0. The Labute approximate surface area is 142 Å². The molecule has 1 heterocycles. The van der Waals surface area contributed by atoms with Crippen molar-refractivity contribution >= 4 is 6.09 Å². The Balaban J connectivity index is 2.45. The van der Waals surface area contributed by atoms with Crippen molar-refractivity contribution in [3.8, 4) is 0 Å². The van der Waals surface area contributed by atoms with E-state index in [0.29, 0.717) is 13.1 Å². The lowest BCUT2D eigenvalue weighted by Crippen LogP contribution is -2.49. The first-order chi connectivity index (χ1) is 10.7. The van der Waals surface area contributed by atoms with Crippen LogP contribution >= 0.6 is 0 Å². The highest BCUT2D eigenvalue weighted by molar-refractivity contribution is 5.68. The van der Waals surface area contributed by atoms with Crippen molar-refractivity contribution in [3.63, 3.8) is 0 Å². The molecule has 1 fully saturated rings. The van der Waals surface area contributed by atoms with Crippen molar-refractivity contribution in [2.45, 2.75) is 72.0 Å². The van der Waals surface area contributed by atoms with E-state index in [1.165, 1.54) is 0 Å². The largest absolute Gasteiger partial charge is 0.444 e. The van der Waals surface area contributed by atoms with Gasteiger partial charge in [-0.05, 0) is 53.1 Å². The van der Waals surface area contributed by atoms with Crippen LogP contribution in [0.2, 0.25) is 0 Å². The van der Waals surface area contributed by atoms with Gasteiger partial charge in [0.15, 0.2) is 0 Å². The van der Waals surface area contributed by atoms with Gasteiger partial charge in [0, 0.05) is 19.6 Å². The van der Waals surface area contributed by atoms with Crippen molar-refractivity contribution < 1.29 is 14.3 Å². The maximum absolute atomic E-state index is 12.2. The highest BCUT2D eigenvalue weighted by Crippen LogP contribution is 2.30. The maximum Gasteiger partial charge on any atom is 0.410 e. The molecule has 0 aromatic carbocycles. The molecule has 0 N–H and O–H groups in total. The Morgan fingerprint density at radius 1 is 1.13 bits per heavy atom. The van der Waals surface area contributed by atoms with Gasteiger partial charge in [-0.15, -0.1) is 0 Å². The number of hydrogen-bond donors (Lipinski definition) is 0. The van der Waals surface area contributed by atoms with E-state index in [1.807, 2.05) is 25.7 Å². The molecule has 0 aliphatic carbocycles. The highest BCUT2D eigenvalue weighted by atomic mass is 16.6. The van der Waals surface area contributed by atoms with E-state index >= 15 is 0 Å². The summed E-state index contributed by atoms with van der Waals surface area (Å²) in [5, 5.41) is 0. The summed E-state index contributed by atoms with van der Waals surface area (Å²) in [4.78, 5) is 16.3. The first-order valence-electron chi connectivity index (χ1n) is 9.09. The lowest BCUT2D eigenvalue weighted by Gasteiger charge is -2.41. The fraction of sp³-hybridized carbons (Fsp3) is 0.944. The molecule has 0 aromatic heterocycles. The van der Waals surface area contributed by atoms with Gasteiger partial charge in [-0.3, -0.25) is 0 Å². The average Bonchev–Trinajstić information content (AvgIpc) is 2.50. The lowest BCUT2D eigenvalue weighted by atomic mass is 9.88. The van der Waals surface area contributed by atoms with Crippen molar-refractivity contribution in [2.24, 2.45) is 0 Å². The molecule has 0 atom stereocenters. The smallest absolute Gasteiger partial charge is 0.410 e. The summed E-state index contributed by atoms with van der Waals surface area (Å²) in [6, 6.07) is 0. The van der Waals surface area contributed by atoms with Gasteiger partial charge in [-0.2, -0.15) is 0 Å². The third-order valence-corrected chi connectivity index (χ3v) is 4.68. The van der Waals surface area contributed by atoms with Gasteiger partial charge >= 0.3 is 6.09 Å². The molecule has 23 heavy (non-hydrogen) atoms. The molecule has 1 aliphatic rings. The highest BCUT2D eigenvalue weighted by Gasteiger charge is 2.36. The Morgan fingerprint density at radius 3 is 2.13 bits per heavy atom. The third-order valence-electron chi connectivity index (χ3n) is 4.68. The number of carbonyl (C=O) groups excluding carboxylic acids is 1. The van der Waals surface area contributed by atoms with Crippen LogP contribution in [-0.4, -0.2) is 66.4 Å². The molecule has 0 aromatic rings.